The molecule has 7 nitrogen and oxygen atoms in total. The predicted molar refractivity (Wildman–Crippen MR) is 92.7 cm³/mol. The standard InChI is InChI=1S/C19H17N3O4/c1-12-6-8-13(9-7-12)18-21-17(26-22-18)10-20-19(23)16-11-24-14-4-2-3-5-15(14)25-16/h2-9,16H,10-11H2,1H3,(H,20,23). The fraction of sp³-hybridized carbons (Fsp3) is 0.211. The highest BCUT2D eigenvalue weighted by Crippen LogP contribution is 2.30. The van der Waals surface area contributed by atoms with Crippen LogP contribution in [0.3, 0.4) is 0 Å². The van der Waals surface area contributed by atoms with E-state index in [1.807, 2.05) is 43.3 Å². The van der Waals surface area contributed by atoms with E-state index in [0.29, 0.717) is 23.2 Å². The zero-order valence-electron chi connectivity index (χ0n) is 14.1. The molecule has 0 spiro atoms. The van der Waals surface area contributed by atoms with Gasteiger partial charge in [-0.15, -0.1) is 0 Å². The second kappa shape index (κ2) is 6.87. The molecule has 1 unspecified atom stereocenters. The molecule has 4 rings (SSSR count). The van der Waals surface area contributed by atoms with Crippen LogP contribution in [0.5, 0.6) is 11.5 Å². The SMILES string of the molecule is Cc1ccc(-c2noc(CNC(=O)C3COc4ccccc4O3)n2)cc1. The molecule has 0 saturated carbocycles. The molecule has 1 amide bonds. The van der Waals surface area contributed by atoms with Gasteiger partial charge in [-0.3, -0.25) is 4.79 Å². The molecular weight excluding hydrogens is 334 g/mol. The number of fused-ring (bicyclic) bond motifs is 1. The number of nitrogens with one attached hydrogen (secondary N) is 1. The lowest BCUT2D eigenvalue weighted by Crippen LogP contribution is -2.43. The number of aryl methyl sites for hydroxylation is 1. The third-order valence-corrected chi connectivity index (χ3v) is 3.99. The lowest BCUT2D eigenvalue weighted by Gasteiger charge is -2.25. The van der Waals surface area contributed by atoms with Gasteiger partial charge in [0.25, 0.3) is 5.91 Å². The molecule has 0 bridgehead atoms. The summed E-state index contributed by atoms with van der Waals surface area (Å²) in [5.41, 5.74) is 2.01. The number of benzene rings is 2. The van der Waals surface area contributed by atoms with Crippen LogP contribution >= 0.6 is 0 Å². The van der Waals surface area contributed by atoms with Gasteiger partial charge in [0.2, 0.25) is 17.8 Å². The maximum atomic E-state index is 12.3. The van der Waals surface area contributed by atoms with Gasteiger partial charge in [0.1, 0.15) is 6.61 Å². The Morgan fingerprint density at radius 2 is 1.92 bits per heavy atom. The van der Waals surface area contributed by atoms with Crippen LogP contribution < -0.4 is 14.8 Å². The molecule has 2 heterocycles. The summed E-state index contributed by atoms with van der Waals surface area (Å²) in [5, 5.41) is 6.68. The first-order chi connectivity index (χ1) is 12.7. The number of rotatable bonds is 4. The Morgan fingerprint density at radius 1 is 1.15 bits per heavy atom. The van der Waals surface area contributed by atoms with Crippen molar-refractivity contribution < 1.29 is 18.8 Å². The third kappa shape index (κ3) is 3.37. The summed E-state index contributed by atoms with van der Waals surface area (Å²) in [7, 11) is 0. The number of aromatic nitrogens is 2. The molecule has 1 N–H and O–H groups in total. The van der Waals surface area contributed by atoms with Crippen molar-refractivity contribution in [3.8, 4) is 22.9 Å². The van der Waals surface area contributed by atoms with Crippen LogP contribution in [0.1, 0.15) is 11.5 Å². The van der Waals surface area contributed by atoms with E-state index >= 15 is 0 Å². The van der Waals surface area contributed by atoms with Gasteiger partial charge >= 0.3 is 0 Å². The van der Waals surface area contributed by atoms with E-state index in [1.165, 1.54) is 0 Å². The molecule has 132 valence electrons. The number of carbonyl (C=O) groups excluding carboxylic acids is 1. The average Bonchev–Trinajstić information content (AvgIpc) is 3.15. The summed E-state index contributed by atoms with van der Waals surface area (Å²) in [5.74, 6) is 1.70. The number of para-hydroxylation sites is 2. The number of nitrogens with zero attached hydrogens (tertiary/aromatic N) is 2. The van der Waals surface area contributed by atoms with Crippen molar-refractivity contribution in [2.75, 3.05) is 6.61 Å². The van der Waals surface area contributed by atoms with Gasteiger partial charge in [-0.25, -0.2) is 0 Å². The van der Waals surface area contributed by atoms with Gasteiger partial charge < -0.3 is 19.3 Å². The van der Waals surface area contributed by atoms with E-state index < -0.39 is 6.10 Å². The van der Waals surface area contributed by atoms with Crippen LogP contribution in [0.2, 0.25) is 0 Å². The fourth-order valence-electron chi connectivity index (χ4n) is 2.57. The number of hydrogen-bond acceptors (Lipinski definition) is 6. The van der Waals surface area contributed by atoms with Crippen molar-refractivity contribution in [1.82, 2.24) is 15.5 Å². The Kier molecular flexibility index (Phi) is 4.27. The van der Waals surface area contributed by atoms with Gasteiger partial charge in [0.15, 0.2) is 11.5 Å². The largest absolute Gasteiger partial charge is 0.485 e. The maximum absolute atomic E-state index is 12.3. The summed E-state index contributed by atoms with van der Waals surface area (Å²) in [6.07, 6.45) is -0.718. The number of carbonyl (C=O) groups is 1. The Labute approximate surface area is 149 Å². The van der Waals surface area contributed by atoms with E-state index in [-0.39, 0.29) is 19.1 Å². The molecule has 0 saturated heterocycles. The molecule has 1 atom stereocenters. The molecular formula is C19H17N3O4. The fourth-order valence-corrected chi connectivity index (χ4v) is 2.57. The number of ether oxygens (including phenoxy) is 2. The first-order valence-electron chi connectivity index (χ1n) is 8.25. The quantitative estimate of drug-likeness (QED) is 0.777. The van der Waals surface area contributed by atoms with Gasteiger partial charge in [0.05, 0.1) is 6.54 Å². The van der Waals surface area contributed by atoms with E-state index in [1.54, 1.807) is 12.1 Å². The highest BCUT2D eigenvalue weighted by atomic mass is 16.6. The van der Waals surface area contributed by atoms with Gasteiger partial charge in [-0.2, -0.15) is 4.98 Å². The minimum Gasteiger partial charge on any atom is -0.485 e. The molecule has 1 aliphatic rings. The smallest absolute Gasteiger partial charge is 0.265 e. The minimum atomic E-state index is -0.718. The van der Waals surface area contributed by atoms with Crippen molar-refractivity contribution in [1.29, 1.82) is 0 Å². The molecule has 3 aromatic rings. The van der Waals surface area contributed by atoms with Gasteiger partial charge in [-0.05, 0) is 19.1 Å². The Bertz CT molecular complexity index is 921. The molecule has 0 fully saturated rings. The Morgan fingerprint density at radius 3 is 2.73 bits per heavy atom. The van der Waals surface area contributed by atoms with Crippen LogP contribution in [0.4, 0.5) is 0 Å². The third-order valence-electron chi connectivity index (χ3n) is 3.99. The second-order valence-electron chi connectivity index (χ2n) is 5.96. The average molecular weight is 351 g/mol. The van der Waals surface area contributed by atoms with Crippen LogP contribution in [0.25, 0.3) is 11.4 Å². The predicted octanol–water partition coefficient (Wildman–Crippen LogP) is 2.50. The number of amides is 1. The molecule has 0 radical (unpaired) electrons. The van der Waals surface area contributed by atoms with Gasteiger partial charge in [-0.1, -0.05) is 47.1 Å². The van der Waals surface area contributed by atoms with Crippen LogP contribution in [0, 0.1) is 6.92 Å². The topological polar surface area (TPSA) is 86.5 Å². The molecule has 7 heteroatoms. The summed E-state index contributed by atoms with van der Waals surface area (Å²) >= 11 is 0. The Balaban J connectivity index is 1.36. The van der Waals surface area contributed by atoms with Crippen molar-refractivity contribution >= 4 is 5.91 Å². The normalized spacial score (nSPS) is 15.5. The van der Waals surface area contributed by atoms with Crippen molar-refractivity contribution in [3.63, 3.8) is 0 Å². The van der Waals surface area contributed by atoms with E-state index in [2.05, 4.69) is 15.5 Å². The zero-order chi connectivity index (χ0) is 17.9. The van der Waals surface area contributed by atoms with Crippen molar-refractivity contribution in [2.45, 2.75) is 19.6 Å². The molecule has 1 aliphatic heterocycles. The summed E-state index contributed by atoms with van der Waals surface area (Å²) in [6, 6.07) is 15.0. The molecule has 1 aromatic heterocycles. The molecule has 0 aliphatic carbocycles. The second-order valence-corrected chi connectivity index (χ2v) is 5.96. The van der Waals surface area contributed by atoms with E-state index in [0.717, 1.165) is 11.1 Å². The molecule has 2 aromatic carbocycles. The monoisotopic (exact) mass is 351 g/mol. The van der Waals surface area contributed by atoms with Crippen LogP contribution in [-0.4, -0.2) is 28.8 Å². The maximum Gasteiger partial charge on any atom is 0.265 e. The van der Waals surface area contributed by atoms with Crippen molar-refractivity contribution in [3.05, 3.63) is 60.0 Å². The zero-order valence-corrected chi connectivity index (χ0v) is 14.1. The first-order valence-corrected chi connectivity index (χ1v) is 8.25. The summed E-state index contributed by atoms with van der Waals surface area (Å²) < 4.78 is 16.4. The van der Waals surface area contributed by atoms with Crippen LogP contribution in [-0.2, 0) is 11.3 Å². The lowest BCUT2D eigenvalue weighted by molar-refractivity contribution is -0.130. The highest BCUT2D eigenvalue weighted by Gasteiger charge is 2.27. The van der Waals surface area contributed by atoms with E-state index in [4.69, 9.17) is 14.0 Å². The molecule has 26 heavy (non-hydrogen) atoms. The summed E-state index contributed by atoms with van der Waals surface area (Å²) in [6.45, 7) is 2.29. The Hall–Kier alpha value is -3.35. The first kappa shape index (κ1) is 16.1. The summed E-state index contributed by atoms with van der Waals surface area (Å²) in [4.78, 5) is 16.6. The van der Waals surface area contributed by atoms with Crippen molar-refractivity contribution in [2.24, 2.45) is 0 Å². The lowest BCUT2D eigenvalue weighted by atomic mass is 10.1. The van der Waals surface area contributed by atoms with Crippen LogP contribution in [0.15, 0.2) is 53.1 Å². The van der Waals surface area contributed by atoms with E-state index in [9.17, 15) is 4.79 Å². The number of hydrogen-bond donors (Lipinski definition) is 1. The highest BCUT2D eigenvalue weighted by molar-refractivity contribution is 5.81. The minimum absolute atomic E-state index is 0.124. The van der Waals surface area contributed by atoms with Gasteiger partial charge in [0, 0.05) is 5.56 Å².